The van der Waals surface area contributed by atoms with Crippen molar-refractivity contribution in [1.29, 1.82) is 0 Å². The number of rotatable bonds is 8. The molecule has 0 radical (unpaired) electrons. The van der Waals surface area contributed by atoms with E-state index < -0.39 is 18.5 Å². The molecular formula is C27H33ClF4N8O. The van der Waals surface area contributed by atoms with Gasteiger partial charge in [-0.25, -0.2) is 9.07 Å². The third kappa shape index (κ3) is 6.83. The molecule has 3 aromatic rings. The molecule has 2 aromatic heterocycles. The van der Waals surface area contributed by atoms with Gasteiger partial charge >= 0.3 is 6.18 Å². The lowest BCUT2D eigenvalue weighted by atomic mass is 9.99. The minimum atomic E-state index is -4.51. The van der Waals surface area contributed by atoms with Crippen molar-refractivity contribution >= 4 is 46.0 Å². The Labute approximate surface area is 240 Å². The topological polar surface area (TPSA) is 91.2 Å². The molecule has 2 saturated heterocycles. The van der Waals surface area contributed by atoms with Gasteiger partial charge in [-0.3, -0.25) is 4.79 Å². The van der Waals surface area contributed by atoms with Crippen molar-refractivity contribution in [3.63, 3.8) is 0 Å². The Morgan fingerprint density at radius 2 is 1.98 bits per heavy atom. The number of halogens is 5. The molecule has 41 heavy (non-hydrogen) atoms. The van der Waals surface area contributed by atoms with Crippen LogP contribution in [0.4, 0.5) is 35.0 Å². The van der Waals surface area contributed by atoms with Crippen molar-refractivity contribution in [3.05, 3.63) is 35.2 Å². The van der Waals surface area contributed by atoms with E-state index in [2.05, 4.69) is 32.6 Å². The second-order valence-electron chi connectivity index (χ2n) is 10.5. The van der Waals surface area contributed by atoms with Gasteiger partial charge in [-0.1, -0.05) is 24.9 Å². The number of anilines is 3. The fourth-order valence-corrected chi connectivity index (χ4v) is 5.70. The minimum Gasteiger partial charge on any atom is -0.341 e. The molecule has 2 fully saturated rings. The molecule has 0 spiro atoms. The van der Waals surface area contributed by atoms with Crippen LogP contribution in [-0.2, 0) is 11.3 Å². The summed E-state index contributed by atoms with van der Waals surface area (Å²) in [7, 11) is 0. The van der Waals surface area contributed by atoms with Crippen LogP contribution in [-0.4, -0.2) is 75.0 Å². The number of amides is 1. The first-order chi connectivity index (χ1) is 19.6. The molecule has 9 nitrogen and oxygen atoms in total. The lowest BCUT2D eigenvalue weighted by molar-refractivity contribution is -0.142. The number of hydrogen-bond acceptors (Lipinski definition) is 7. The zero-order valence-electron chi connectivity index (χ0n) is 22.7. The number of nitrogens with one attached hydrogen (secondary N) is 2. The number of benzene rings is 1. The Morgan fingerprint density at radius 1 is 1.20 bits per heavy atom. The molecule has 14 heteroatoms. The highest BCUT2D eigenvalue weighted by atomic mass is 35.5. The van der Waals surface area contributed by atoms with Gasteiger partial charge in [-0.15, -0.1) is 0 Å². The average molecular weight is 597 g/mol. The number of nitrogens with zero attached hydrogens (tertiary/aromatic N) is 6. The number of aromatic nitrogens is 4. The maximum atomic E-state index is 14.6. The van der Waals surface area contributed by atoms with Crippen LogP contribution in [0, 0.1) is 5.82 Å². The van der Waals surface area contributed by atoms with E-state index in [9.17, 15) is 22.4 Å². The van der Waals surface area contributed by atoms with Gasteiger partial charge in [0.1, 0.15) is 18.2 Å². The molecule has 5 rings (SSSR count). The SMILES string of the molecule is CCCN(C(=O)C1CCCCN1)C1CCN(c2nc(Nc3ccc(Cl)cc3F)c3cnn(CC(F)(F)F)c3n2)CC1. The van der Waals surface area contributed by atoms with Crippen molar-refractivity contribution in [3.8, 4) is 0 Å². The van der Waals surface area contributed by atoms with Gasteiger partial charge in [0, 0.05) is 30.7 Å². The number of alkyl halides is 3. The summed E-state index contributed by atoms with van der Waals surface area (Å²) in [5, 5.41) is 10.6. The summed E-state index contributed by atoms with van der Waals surface area (Å²) >= 11 is 5.88. The largest absolute Gasteiger partial charge is 0.408 e. The molecule has 1 aromatic carbocycles. The van der Waals surface area contributed by atoms with Crippen molar-refractivity contribution < 1.29 is 22.4 Å². The van der Waals surface area contributed by atoms with Gasteiger partial charge in [-0.05, 0) is 56.8 Å². The van der Waals surface area contributed by atoms with Crippen LogP contribution < -0.4 is 15.5 Å². The number of hydrogen-bond donors (Lipinski definition) is 2. The Kier molecular flexibility index (Phi) is 8.83. The van der Waals surface area contributed by atoms with Crippen LogP contribution in [0.5, 0.6) is 0 Å². The summed E-state index contributed by atoms with van der Waals surface area (Å²) in [4.78, 5) is 26.3. The van der Waals surface area contributed by atoms with E-state index in [-0.39, 0.29) is 51.5 Å². The zero-order valence-corrected chi connectivity index (χ0v) is 23.5. The maximum Gasteiger partial charge on any atom is 0.408 e. The van der Waals surface area contributed by atoms with Crippen LogP contribution in [0.1, 0.15) is 45.4 Å². The van der Waals surface area contributed by atoms with Crippen molar-refractivity contribution in [2.75, 3.05) is 36.4 Å². The van der Waals surface area contributed by atoms with E-state index in [1.54, 1.807) is 0 Å². The average Bonchev–Trinajstić information content (AvgIpc) is 3.34. The Morgan fingerprint density at radius 3 is 2.63 bits per heavy atom. The maximum absolute atomic E-state index is 14.6. The smallest absolute Gasteiger partial charge is 0.341 e. The highest BCUT2D eigenvalue weighted by Gasteiger charge is 2.34. The van der Waals surface area contributed by atoms with Crippen LogP contribution in [0.25, 0.3) is 11.0 Å². The highest BCUT2D eigenvalue weighted by Crippen LogP contribution is 2.31. The van der Waals surface area contributed by atoms with Crippen LogP contribution in [0.2, 0.25) is 5.02 Å². The zero-order chi connectivity index (χ0) is 29.1. The molecule has 1 amide bonds. The monoisotopic (exact) mass is 596 g/mol. The molecule has 2 aliphatic heterocycles. The summed E-state index contributed by atoms with van der Waals surface area (Å²) in [6.07, 6.45) is 1.83. The van der Waals surface area contributed by atoms with Crippen molar-refractivity contribution in [2.45, 2.75) is 70.3 Å². The lowest BCUT2D eigenvalue weighted by Crippen LogP contribution is -2.54. The molecule has 0 aliphatic carbocycles. The second kappa shape index (κ2) is 12.4. The highest BCUT2D eigenvalue weighted by molar-refractivity contribution is 6.30. The predicted octanol–water partition coefficient (Wildman–Crippen LogP) is 5.27. The second-order valence-corrected chi connectivity index (χ2v) is 11.0. The Bertz CT molecular complexity index is 1370. The van der Waals surface area contributed by atoms with Gasteiger partial charge in [-0.2, -0.15) is 28.2 Å². The first kappa shape index (κ1) is 29.3. The molecule has 222 valence electrons. The van der Waals surface area contributed by atoms with Crippen LogP contribution in [0.15, 0.2) is 24.4 Å². The number of piperidine rings is 2. The normalized spacial score (nSPS) is 18.6. The summed E-state index contributed by atoms with van der Waals surface area (Å²) in [6.45, 7) is 3.24. The molecule has 2 aliphatic rings. The van der Waals surface area contributed by atoms with Crippen LogP contribution >= 0.6 is 11.6 Å². The van der Waals surface area contributed by atoms with Gasteiger partial charge in [0.05, 0.1) is 23.3 Å². The standard InChI is InChI=1S/C27H33ClF4N8O/c1-2-11-39(25(41)22-5-3-4-10-33-22)18-8-12-38(13-9-18)26-36-23(35-21-7-6-17(28)14-20(21)29)19-15-34-40(24(19)37-26)16-27(30,31)32/h6-7,14-15,18,22,33H,2-5,8-13,16H2,1H3,(H,35,36,37). The van der Waals surface area contributed by atoms with Gasteiger partial charge in [0.15, 0.2) is 5.65 Å². The third-order valence-corrected chi connectivity index (χ3v) is 7.78. The van der Waals surface area contributed by atoms with Crippen molar-refractivity contribution in [1.82, 2.24) is 30.0 Å². The van der Waals surface area contributed by atoms with Crippen LogP contribution in [0.3, 0.4) is 0 Å². The first-order valence-electron chi connectivity index (χ1n) is 13.9. The van der Waals surface area contributed by atoms with E-state index in [1.807, 2.05) is 9.80 Å². The van der Waals surface area contributed by atoms with Gasteiger partial charge in [0.25, 0.3) is 0 Å². The first-order valence-corrected chi connectivity index (χ1v) is 14.3. The quantitative estimate of drug-likeness (QED) is 0.342. The lowest BCUT2D eigenvalue weighted by Gasteiger charge is -2.40. The molecule has 1 unspecified atom stereocenters. The van der Waals surface area contributed by atoms with E-state index in [4.69, 9.17) is 11.6 Å². The van der Waals surface area contributed by atoms with Crippen molar-refractivity contribution in [2.24, 2.45) is 0 Å². The molecule has 0 bridgehead atoms. The summed E-state index contributed by atoms with van der Waals surface area (Å²) < 4.78 is 55.2. The van der Waals surface area contributed by atoms with E-state index in [0.717, 1.165) is 43.0 Å². The summed E-state index contributed by atoms with van der Waals surface area (Å²) in [5.41, 5.74) is 0.0464. The van der Waals surface area contributed by atoms with Gasteiger partial charge in [0.2, 0.25) is 11.9 Å². The third-order valence-electron chi connectivity index (χ3n) is 7.54. The molecule has 2 N–H and O–H groups in total. The number of carbonyl (C=O) groups is 1. The van der Waals surface area contributed by atoms with E-state index >= 15 is 0 Å². The molecular weight excluding hydrogens is 564 g/mol. The summed E-state index contributed by atoms with van der Waals surface area (Å²) in [5.74, 6) is -0.162. The molecule has 1 atom stereocenters. The minimum absolute atomic E-state index is 0.0162. The summed E-state index contributed by atoms with van der Waals surface area (Å²) in [6, 6.07) is 3.94. The predicted molar refractivity (Wildman–Crippen MR) is 149 cm³/mol. The molecule has 0 saturated carbocycles. The fraction of sp³-hybridized carbons (Fsp3) is 0.556. The van der Waals surface area contributed by atoms with E-state index in [0.29, 0.717) is 32.5 Å². The fourth-order valence-electron chi connectivity index (χ4n) is 5.54. The van der Waals surface area contributed by atoms with Gasteiger partial charge < -0.3 is 20.4 Å². The van der Waals surface area contributed by atoms with E-state index in [1.165, 1.54) is 18.3 Å². The molecule has 4 heterocycles. The number of carbonyl (C=O) groups excluding carboxylic acids is 1. The Hall–Kier alpha value is -3.19. The number of fused-ring (bicyclic) bond motifs is 1. The Balaban J connectivity index is 1.40.